The Morgan fingerprint density at radius 1 is 0.840 bits per heavy atom. The van der Waals surface area contributed by atoms with E-state index in [1.165, 1.54) is 6.92 Å². The zero-order chi connectivity index (χ0) is 17.6. The van der Waals surface area contributed by atoms with Crippen LogP contribution in [0.5, 0.6) is 0 Å². The first-order chi connectivity index (χ1) is 12.1. The van der Waals surface area contributed by atoms with Crippen LogP contribution in [-0.2, 0) is 0 Å². The molecular weight excluding hydrogens is 316 g/mol. The Labute approximate surface area is 144 Å². The van der Waals surface area contributed by atoms with E-state index in [0.29, 0.717) is 17.1 Å². The van der Waals surface area contributed by atoms with Crippen molar-refractivity contribution >= 4 is 28.9 Å². The van der Waals surface area contributed by atoms with Crippen molar-refractivity contribution in [1.82, 2.24) is 10.2 Å². The summed E-state index contributed by atoms with van der Waals surface area (Å²) >= 11 is 0. The molecule has 0 radical (unpaired) electrons. The van der Waals surface area contributed by atoms with Gasteiger partial charge in [0.2, 0.25) is 0 Å². The minimum Gasteiger partial charge on any atom is -0.339 e. The van der Waals surface area contributed by atoms with Gasteiger partial charge in [-0.3, -0.25) is 9.59 Å². The van der Waals surface area contributed by atoms with Gasteiger partial charge in [-0.2, -0.15) is 0 Å². The molecule has 1 heterocycles. The smallest absolute Gasteiger partial charge is 0.276 e. The normalized spacial score (nSPS) is 10.1. The average Bonchev–Trinajstić information content (AvgIpc) is 2.63. The number of anilines is 3. The second kappa shape index (κ2) is 7.35. The number of nitrogens with one attached hydrogen (secondary N) is 2. The molecule has 0 saturated carbocycles. The van der Waals surface area contributed by atoms with Gasteiger partial charge >= 0.3 is 0 Å². The van der Waals surface area contributed by atoms with Crippen molar-refractivity contribution in [3.05, 3.63) is 78.0 Å². The van der Waals surface area contributed by atoms with Crippen LogP contribution in [0.3, 0.4) is 0 Å². The molecule has 0 bridgehead atoms. The van der Waals surface area contributed by atoms with E-state index in [4.69, 9.17) is 0 Å². The maximum atomic E-state index is 12.1. The van der Waals surface area contributed by atoms with Crippen LogP contribution in [0, 0.1) is 0 Å². The van der Waals surface area contributed by atoms with Gasteiger partial charge in [0.05, 0.1) is 0 Å². The fourth-order valence-electron chi connectivity index (χ4n) is 2.20. The van der Waals surface area contributed by atoms with Gasteiger partial charge in [-0.1, -0.05) is 30.3 Å². The zero-order valence-corrected chi connectivity index (χ0v) is 13.6. The fourth-order valence-corrected chi connectivity index (χ4v) is 2.20. The Bertz CT molecular complexity index is 893. The minimum atomic E-state index is -0.330. The molecule has 1 amide bonds. The SMILES string of the molecule is CC(=O)c1cccc(Nc2ccc(C(=O)Nc3ccccc3)nn2)c1. The predicted molar refractivity (Wildman–Crippen MR) is 96.2 cm³/mol. The summed E-state index contributed by atoms with van der Waals surface area (Å²) in [4.78, 5) is 23.6. The number of rotatable bonds is 5. The number of para-hydroxylation sites is 1. The van der Waals surface area contributed by atoms with Crippen LogP contribution < -0.4 is 10.6 Å². The highest BCUT2D eigenvalue weighted by molar-refractivity contribution is 6.02. The third-order valence-electron chi connectivity index (χ3n) is 3.47. The van der Waals surface area contributed by atoms with Crippen molar-refractivity contribution in [1.29, 1.82) is 0 Å². The molecule has 0 spiro atoms. The first-order valence-electron chi connectivity index (χ1n) is 7.70. The lowest BCUT2D eigenvalue weighted by Gasteiger charge is -2.07. The van der Waals surface area contributed by atoms with Crippen LogP contribution >= 0.6 is 0 Å². The van der Waals surface area contributed by atoms with Crippen molar-refractivity contribution in [2.24, 2.45) is 0 Å². The summed E-state index contributed by atoms with van der Waals surface area (Å²) in [6.45, 7) is 1.51. The Kier molecular flexibility index (Phi) is 4.80. The lowest BCUT2D eigenvalue weighted by atomic mass is 10.1. The van der Waals surface area contributed by atoms with E-state index >= 15 is 0 Å². The molecule has 124 valence electrons. The summed E-state index contributed by atoms with van der Waals surface area (Å²) in [6, 6.07) is 19.5. The predicted octanol–water partition coefficient (Wildman–Crippen LogP) is 3.68. The van der Waals surface area contributed by atoms with Crippen molar-refractivity contribution in [2.45, 2.75) is 6.92 Å². The fraction of sp³-hybridized carbons (Fsp3) is 0.0526. The molecule has 2 N–H and O–H groups in total. The van der Waals surface area contributed by atoms with E-state index in [9.17, 15) is 9.59 Å². The number of amides is 1. The van der Waals surface area contributed by atoms with Gasteiger partial charge in [0.15, 0.2) is 17.3 Å². The molecule has 0 aliphatic rings. The van der Waals surface area contributed by atoms with Gasteiger partial charge in [-0.15, -0.1) is 10.2 Å². The van der Waals surface area contributed by atoms with Gasteiger partial charge in [0, 0.05) is 16.9 Å². The molecule has 0 aliphatic heterocycles. The molecule has 2 aromatic carbocycles. The quantitative estimate of drug-likeness (QED) is 0.696. The van der Waals surface area contributed by atoms with Crippen molar-refractivity contribution in [3.63, 3.8) is 0 Å². The summed E-state index contributed by atoms with van der Waals surface area (Å²) in [5.74, 6) is 0.142. The zero-order valence-electron chi connectivity index (χ0n) is 13.6. The molecule has 1 aromatic heterocycles. The number of hydrogen-bond donors (Lipinski definition) is 2. The Morgan fingerprint density at radius 2 is 1.60 bits per heavy atom. The van der Waals surface area contributed by atoms with Crippen LogP contribution in [-0.4, -0.2) is 21.9 Å². The molecule has 6 heteroatoms. The number of nitrogens with zero attached hydrogens (tertiary/aromatic N) is 2. The van der Waals surface area contributed by atoms with Crippen LogP contribution in [0.25, 0.3) is 0 Å². The number of Topliss-reactive ketones (excluding diaryl/α,β-unsaturated/α-hetero) is 1. The first kappa shape index (κ1) is 16.3. The van der Waals surface area contributed by atoms with Crippen LogP contribution in [0.4, 0.5) is 17.2 Å². The van der Waals surface area contributed by atoms with E-state index in [-0.39, 0.29) is 17.4 Å². The van der Waals surface area contributed by atoms with Crippen LogP contribution in [0.1, 0.15) is 27.8 Å². The molecule has 0 atom stereocenters. The molecule has 0 aliphatic carbocycles. The van der Waals surface area contributed by atoms with Gasteiger partial charge in [-0.05, 0) is 43.3 Å². The average molecular weight is 332 g/mol. The summed E-state index contributed by atoms with van der Waals surface area (Å²) in [7, 11) is 0. The van der Waals surface area contributed by atoms with E-state index in [1.54, 1.807) is 42.5 Å². The van der Waals surface area contributed by atoms with Crippen molar-refractivity contribution < 1.29 is 9.59 Å². The summed E-state index contributed by atoms with van der Waals surface area (Å²) in [5.41, 5.74) is 2.24. The Balaban J connectivity index is 1.69. The summed E-state index contributed by atoms with van der Waals surface area (Å²) in [6.07, 6.45) is 0. The summed E-state index contributed by atoms with van der Waals surface area (Å²) < 4.78 is 0. The van der Waals surface area contributed by atoms with Gasteiger partial charge < -0.3 is 10.6 Å². The highest BCUT2D eigenvalue weighted by Crippen LogP contribution is 2.16. The third-order valence-corrected chi connectivity index (χ3v) is 3.47. The maximum absolute atomic E-state index is 12.1. The van der Waals surface area contributed by atoms with Gasteiger partial charge in [-0.25, -0.2) is 0 Å². The van der Waals surface area contributed by atoms with Gasteiger partial charge in [0.25, 0.3) is 5.91 Å². The molecule has 3 aromatic rings. The highest BCUT2D eigenvalue weighted by Gasteiger charge is 2.09. The number of aromatic nitrogens is 2. The highest BCUT2D eigenvalue weighted by atomic mass is 16.2. The number of hydrogen-bond acceptors (Lipinski definition) is 5. The topological polar surface area (TPSA) is 84.0 Å². The molecule has 3 rings (SSSR count). The van der Waals surface area contributed by atoms with E-state index < -0.39 is 0 Å². The number of carbonyl (C=O) groups is 2. The maximum Gasteiger partial charge on any atom is 0.276 e. The summed E-state index contributed by atoms with van der Waals surface area (Å²) in [5, 5.41) is 13.7. The van der Waals surface area contributed by atoms with Crippen LogP contribution in [0.15, 0.2) is 66.7 Å². The van der Waals surface area contributed by atoms with Crippen molar-refractivity contribution in [3.8, 4) is 0 Å². The van der Waals surface area contributed by atoms with Crippen molar-refractivity contribution in [2.75, 3.05) is 10.6 Å². The lowest BCUT2D eigenvalue weighted by molar-refractivity contribution is 0.101. The largest absolute Gasteiger partial charge is 0.339 e. The monoisotopic (exact) mass is 332 g/mol. The number of ketones is 1. The van der Waals surface area contributed by atoms with E-state index in [1.807, 2.05) is 24.3 Å². The van der Waals surface area contributed by atoms with E-state index in [0.717, 1.165) is 5.69 Å². The second-order valence-electron chi connectivity index (χ2n) is 5.39. The molecule has 0 saturated heterocycles. The third kappa shape index (κ3) is 4.26. The molecule has 0 unspecified atom stereocenters. The van der Waals surface area contributed by atoms with Gasteiger partial charge in [0.1, 0.15) is 0 Å². The lowest BCUT2D eigenvalue weighted by Crippen LogP contribution is -2.14. The Morgan fingerprint density at radius 3 is 2.28 bits per heavy atom. The number of carbonyl (C=O) groups excluding carboxylic acids is 2. The number of benzene rings is 2. The molecule has 6 nitrogen and oxygen atoms in total. The van der Waals surface area contributed by atoms with E-state index in [2.05, 4.69) is 20.8 Å². The molecule has 25 heavy (non-hydrogen) atoms. The second-order valence-corrected chi connectivity index (χ2v) is 5.39. The minimum absolute atomic E-state index is 0.0114. The first-order valence-corrected chi connectivity index (χ1v) is 7.70. The Hall–Kier alpha value is -3.54. The molecular formula is C19H16N4O2. The standard InChI is InChI=1S/C19H16N4O2/c1-13(24)14-6-5-9-16(12-14)20-18-11-10-17(22-23-18)19(25)21-15-7-3-2-4-8-15/h2-12H,1H3,(H,20,23)(H,21,25). The van der Waals surface area contributed by atoms with Crippen LogP contribution in [0.2, 0.25) is 0 Å². The molecule has 0 fully saturated rings.